The minimum absolute atomic E-state index is 0.0717. The lowest BCUT2D eigenvalue weighted by atomic mass is 10.1. The number of carbonyl (C=O) groups excluding carboxylic acids is 2. The van der Waals surface area contributed by atoms with E-state index in [9.17, 15) is 9.59 Å². The first-order valence-corrected chi connectivity index (χ1v) is 6.37. The summed E-state index contributed by atoms with van der Waals surface area (Å²) < 4.78 is 6.54. The summed E-state index contributed by atoms with van der Waals surface area (Å²) in [6.07, 6.45) is 0.965. The second kappa shape index (κ2) is 6.92. The van der Waals surface area contributed by atoms with Crippen LogP contribution < -0.4 is 5.32 Å². The Hall–Kier alpha value is -1.85. The van der Waals surface area contributed by atoms with Gasteiger partial charge in [-0.3, -0.25) is 14.3 Å². The highest BCUT2D eigenvalue weighted by Gasteiger charge is 2.12. The molecule has 0 aliphatic rings. The van der Waals surface area contributed by atoms with Crippen molar-refractivity contribution in [3.05, 3.63) is 17.0 Å². The van der Waals surface area contributed by atoms with Crippen molar-refractivity contribution >= 4 is 11.9 Å². The minimum atomic E-state index is -0.412. The Labute approximate surface area is 113 Å². The van der Waals surface area contributed by atoms with Crippen LogP contribution >= 0.6 is 0 Å². The number of hydrogen-bond donors (Lipinski definition) is 1. The molecule has 1 heterocycles. The molecule has 1 amide bonds. The molecule has 0 aromatic carbocycles. The summed E-state index contributed by atoms with van der Waals surface area (Å²) in [5.41, 5.74) is 3.10. The Morgan fingerprint density at radius 1 is 1.37 bits per heavy atom. The van der Waals surface area contributed by atoms with Gasteiger partial charge in [0.05, 0.1) is 12.3 Å². The van der Waals surface area contributed by atoms with E-state index in [4.69, 9.17) is 4.74 Å². The van der Waals surface area contributed by atoms with Gasteiger partial charge in [0.2, 0.25) is 5.91 Å². The van der Waals surface area contributed by atoms with Gasteiger partial charge in [-0.15, -0.1) is 0 Å². The largest absolute Gasteiger partial charge is 0.465 e. The summed E-state index contributed by atoms with van der Waals surface area (Å²) >= 11 is 0. The zero-order chi connectivity index (χ0) is 14.4. The molecule has 1 aromatic heterocycles. The van der Waals surface area contributed by atoms with Crippen molar-refractivity contribution in [2.24, 2.45) is 7.05 Å². The lowest BCUT2D eigenvalue weighted by Gasteiger charge is -2.05. The first-order valence-electron chi connectivity index (χ1n) is 6.37. The molecule has 1 rings (SSSR count). The summed E-state index contributed by atoms with van der Waals surface area (Å²) in [4.78, 5) is 22.7. The van der Waals surface area contributed by atoms with Crippen LogP contribution in [0.1, 0.15) is 30.3 Å². The summed E-state index contributed by atoms with van der Waals surface area (Å²) in [6.45, 7) is 5.89. The Morgan fingerprint density at radius 3 is 2.58 bits per heavy atom. The highest BCUT2D eigenvalue weighted by atomic mass is 16.5. The van der Waals surface area contributed by atoms with Gasteiger partial charge < -0.3 is 10.1 Å². The molecule has 0 spiro atoms. The van der Waals surface area contributed by atoms with E-state index in [0.717, 1.165) is 17.0 Å². The third kappa shape index (κ3) is 4.39. The average Bonchev–Trinajstić information content (AvgIpc) is 2.59. The van der Waals surface area contributed by atoms with Crippen molar-refractivity contribution in [2.75, 3.05) is 13.2 Å². The molecule has 0 saturated heterocycles. The zero-order valence-electron chi connectivity index (χ0n) is 11.9. The monoisotopic (exact) mass is 267 g/mol. The van der Waals surface area contributed by atoms with Crippen LogP contribution in [0.15, 0.2) is 0 Å². The maximum atomic E-state index is 11.6. The molecule has 1 N–H and O–H groups in total. The maximum Gasteiger partial charge on any atom is 0.325 e. The molecule has 106 valence electrons. The van der Waals surface area contributed by atoms with E-state index in [1.165, 1.54) is 0 Å². The molecule has 0 saturated carbocycles. The van der Waals surface area contributed by atoms with Crippen molar-refractivity contribution < 1.29 is 14.3 Å². The van der Waals surface area contributed by atoms with Gasteiger partial charge in [-0.1, -0.05) is 0 Å². The number of carbonyl (C=O) groups is 2. The van der Waals surface area contributed by atoms with E-state index in [2.05, 4.69) is 10.4 Å². The third-order valence-electron chi connectivity index (χ3n) is 3.00. The lowest BCUT2D eigenvalue weighted by Crippen LogP contribution is -2.30. The molecule has 6 heteroatoms. The maximum absolute atomic E-state index is 11.6. The molecular weight excluding hydrogens is 246 g/mol. The van der Waals surface area contributed by atoms with E-state index < -0.39 is 5.97 Å². The van der Waals surface area contributed by atoms with Crippen LogP contribution in [-0.2, 0) is 27.8 Å². The standard InChI is InChI=1S/C13H21N3O3/c1-5-19-13(18)8-14-12(17)7-6-11-9(2)15-16(4)10(11)3/h5-8H2,1-4H3,(H,14,17). The Kier molecular flexibility index (Phi) is 5.54. The van der Waals surface area contributed by atoms with Crippen LogP contribution in [0, 0.1) is 13.8 Å². The fraction of sp³-hybridized carbons (Fsp3) is 0.615. The van der Waals surface area contributed by atoms with Gasteiger partial charge >= 0.3 is 5.97 Å². The summed E-state index contributed by atoms with van der Waals surface area (Å²) in [5, 5.41) is 6.84. The molecule has 0 radical (unpaired) electrons. The summed E-state index contributed by atoms with van der Waals surface area (Å²) in [7, 11) is 1.88. The molecule has 0 aliphatic carbocycles. The molecular formula is C13H21N3O3. The molecule has 0 unspecified atom stereocenters. The smallest absolute Gasteiger partial charge is 0.325 e. The minimum Gasteiger partial charge on any atom is -0.465 e. The normalized spacial score (nSPS) is 10.3. The molecule has 6 nitrogen and oxygen atoms in total. The third-order valence-corrected chi connectivity index (χ3v) is 3.00. The topological polar surface area (TPSA) is 73.2 Å². The molecule has 19 heavy (non-hydrogen) atoms. The highest BCUT2D eigenvalue weighted by molar-refractivity contribution is 5.82. The SMILES string of the molecule is CCOC(=O)CNC(=O)CCc1c(C)nn(C)c1C. The van der Waals surface area contributed by atoms with E-state index in [0.29, 0.717) is 19.4 Å². The highest BCUT2D eigenvalue weighted by Crippen LogP contribution is 2.13. The molecule has 1 aromatic rings. The number of nitrogens with one attached hydrogen (secondary N) is 1. The van der Waals surface area contributed by atoms with E-state index in [-0.39, 0.29) is 12.5 Å². The number of amides is 1. The second-order valence-corrected chi connectivity index (χ2v) is 4.35. The van der Waals surface area contributed by atoms with Gasteiger partial charge in [-0.25, -0.2) is 0 Å². The number of rotatable bonds is 6. The summed E-state index contributed by atoms with van der Waals surface area (Å²) in [5.74, 6) is -0.569. The van der Waals surface area contributed by atoms with Crippen molar-refractivity contribution in [2.45, 2.75) is 33.6 Å². The summed E-state index contributed by atoms with van der Waals surface area (Å²) in [6, 6.07) is 0. The predicted octanol–water partition coefficient (Wildman–Crippen LogP) is 0.649. The van der Waals surface area contributed by atoms with Crippen LogP contribution in [0.25, 0.3) is 0 Å². The molecule has 0 fully saturated rings. The van der Waals surface area contributed by atoms with E-state index in [1.807, 2.05) is 20.9 Å². The van der Waals surface area contributed by atoms with Crippen molar-refractivity contribution in [3.63, 3.8) is 0 Å². The van der Waals surface area contributed by atoms with Gasteiger partial charge in [-0.2, -0.15) is 5.10 Å². The number of hydrogen-bond acceptors (Lipinski definition) is 4. The first-order chi connectivity index (χ1) is 8.95. The van der Waals surface area contributed by atoms with Crippen LogP contribution in [0.4, 0.5) is 0 Å². The Morgan fingerprint density at radius 2 is 2.05 bits per heavy atom. The van der Waals surface area contributed by atoms with Gasteiger partial charge in [0.15, 0.2) is 0 Å². The van der Waals surface area contributed by atoms with Crippen molar-refractivity contribution in [1.82, 2.24) is 15.1 Å². The number of aromatic nitrogens is 2. The van der Waals surface area contributed by atoms with Crippen molar-refractivity contribution in [3.8, 4) is 0 Å². The predicted molar refractivity (Wildman–Crippen MR) is 70.6 cm³/mol. The average molecular weight is 267 g/mol. The Bertz CT molecular complexity index is 466. The number of nitrogens with zero attached hydrogens (tertiary/aromatic N) is 2. The molecule has 0 aliphatic heterocycles. The van der Waals surface area contributed by atoms with E-state index >= 15 is 0 Å². The molecule has 0 atom stereocenters. The lowest BCUT2D eigenvalue weighted by molar-refractivity contribution is -0.143. The van der Waals surface area contributed by atoms with Crippen LogP contribution in [0.5, 0.6) is 0 Å². The molecule has 0 bridgehead atoms. The Balaban J connectivity index is 2.40. The van der Waals surface area contributed by atoms with Crippen LogP contribution in [0.2, 0.25) is 0 Å². The fourth-order valence-corrected chi connectivity index (χ4v) is 1.89. The van der Waals surface area contributed by atoms with Gasteiger partial charge in [0.1, 0.15) is 6.54 Å². The van der Waals surface area contributed by atoms with Gasteiger partial charge in [0, 0.05) is 19.2 Å². The van der Waals surface area contributed by atoms with Crippen molar-refractivity contribution in [1.29, 1.82) is 0 Å². The second-order valence-electron chi connectivity index (χ2n) is 4.35. The first kappa shape index (κ1) is 15.2. The van der Waals surface area contributed by atoms with Crippen LogP contribution in [-0.4, -0.2) is 34.8 Å². The number of aryl methyl sites for hydroxylation is 2. The van der Waals surface area contributed by atoms with E-state index in [1.54, 1.807) is 11.6 Å². The number of esters is 1. The quantitative estimate of drug-likeness (QED) is 0.768. The number of ether oxygens (including phenoxy) is 1. The fourth-order valence-electron chi connectivity index (χ4n) is 1.89. The van der Waals surface area contributed by atoms with Crippen LogP contribution in [0.3, 0.4) is 0 Å². The zero-order valence-corrected chi connectivity index (χ0v) is 11.9. The van der Waals surface area contributed by atoms with Gasteiger partial charge in [0.25, 0.3) is 0 Å². The van der Waals surface area contributed by atoms with Gasteiger partial charge in [-0.05, 0) is 32.8 Å².